The molecular formula is C33H32N6O6. The lowest BCUT2D eigenvalue weighted by atomic mass is 9.85. The first-order valence-corrected chi connectivity index (χ1v) is 14.5. The van der Waals surface area contributed by atoms with Crippen LogP contribution in [-0.4, -0.2) is 68.8 Å². The lowest BCUT2D eigenvalue weighted by Crippen LogP contribution is -2.57. The van der Waals surface area contributed by atoms with Gasteiger partial charge in [0.1, 0.15) is 23.4 Å². The fourth-order valence-corrected chi connectivity index (χ4v) is 6.04. The summed E-state index contributed by atoms with van der Waals surface area (Å²) in [5, 5.41) is 8.94. The van der Waals surface area contributed by atoms with Crippen LogP contribution in [0.1, 0.15) is 29.7 Å². The number of methoxy groups -OCH3 is 1. The van der Waals surface area contributed by atoms with Crippen molar-refractivity contribution in [3.63, 3.8) is 0 Å². The monoisotopic (exact) mass is 608 g/mol. The van der Waals surface area contributed by atoms with Crippen LogP contribution in [0.4, 0.5) is 21.1 Å². The van der Waals surface area contributed by atoms with Gasteiger partial charge in [0.25, 0.3) is 5.91 Å². The van der Waals surface area contributed by atoms with Gasteiger partial charge in [0.05, 0.1) is 18.5 Å². The summed E-state index contributed by atoms with van der Waals surface area (Å²) in [7, 11) is 1.49. The average molecular weight is 609 g/mol. The van der Waals surface area contributed by atoms with Crippen molar-refractivity contribution in [2.45, 2.75) is 38.8 Å². The number of amides is 3. The van der Waals surface area contributed by atoms with E-state index in [2.05, 4.69) is 19.9 Å². The number of benzene rings is 2. The maximum absolute atomic E-state index is 14.4. The number of piperidine rings is 1. The summed E-state index contributed by atoms with van der Waals surface area (Å²) >= 11 is 0. The number of carbonyl (C=O) groups is 3. The number of hydrogen-bond donors (Lipinski definition) is 1. The molecule has 45 heavy (non-hydrogen) atoms. The van der Waals surface area contributed by atoms with Crippen LogP contribution in [0.15, 0.2) is 73.2 Å². The Morgan fingerprint density at radius 2 is 1.67 bits per heavy atom. The summed E-state index contributed by atoms with van der Waals surface area (Å²) in [6.45, 7) is 5.62. The van der Waals surface area contributed by atoms with Crippen molar-refractivity contribution in [3.05, 3.63) is 90.0 Å². The number of anilines is 2. The van der Waals surface area contributed by atoms with Crippen LogP contribution in [-0.2, 0) is 11.3 Å². The van der Waals surface area contributed by atoms with Crippen molar-refractivity contribution >= 4 is 29.6 Å². The third kappa shape index (κ3) is 5.55. The molecule has 230 valence electrons. The van der Waals surface area contributed by atoms with E-state index in [1.165, 1.54) is 23.2 Å². The normalized spacial score (nSPS) is 16.3. The lowest BCUT2D eigenvalue weighted by molar-refractivity contribution is -0.123. The quantitative estimate of drug-likeness (QED) is 0.169. The molecular weight excluding hydrogens is 576 g/mol. The molecule has 2 aromatic heterocycles. The van der Waals surface area contributed by atoms with Crippen LogP contribution in [0.25, 0.3) is 11.1 Å². The molecule has 2 saturated heterocycles. The maximum atomic E-state index is 14.4. The highest BCUT2D eigenvalue weighted by Gasteiger charge is 2.59. The summed E-state index contributed by atoms with van der Waals surface area (Å²) in [6, 6.07) is 17.3. The van der Waals surface area contributed by atoms with Crippen LogP contribution in [0.2, 0.25) is 0 Å². The fraction of sp³-hybridized carbons (Fsp3) is 0.273. The number of urea groups is 1. The van der Waals surface area contributed by atoms with E-state index in [1.807, 2.05) is 37.3 Å². The molecule has 12 heteroatoms. The Morgan fingerprint density at radius 3 is 2.33 bits per heavy atom. The molecule has 12 nitrogen and oxygen atoms in total. The lowest BCUT2D eigenvalue weighted by Gasteiger charge is -2.41. The number of nitrogens with zero attached hydrogens (tertiary/aromatic N) is 6. The molecule has 4 aromatic rings. The summed E-state index contributed by atoms with van der Waals surface area (Å²) < 4.78 is 10.1. The van der Waals surface area contributed by atoms with Gasteiger partial charge in [0.2, 0.25) is 5.88 Å². The molecule has 1 N–H and O–H groups in total. The molecule has 2 aromatic carbocycles. The Balaban J connectivity index is 1.30. The van der Waals surface area contributed by atoms with Gasteiger partial charge < -0.3 is 14.6 Å². The van der Waals surface area contributed by atoms with Gasteiger partial charge in [-0.2, -0.15) is 0 Å². The molecule has 0 radical (unpaired) electrons. The molecule has 4 heterocycles. The zero-order chi connectivity index (χ0) is 31.7. The van der Waals surface area contributed by atoms with E-state index >= 15 is 0 Å². The van der Waals surface area contributed by atoms with E-state index in [1.54, 1.807) is 43.5 Å². The van der Waals surface area contributed by atoms with E-state index in [0.29, 0.717) is 49.5 Å². The number of carboxylic acid groups (broad SMARTS) is 1. The third-order valence-corrected chi connectivity index (χ3v) is 8.48. The predicted octanol–water partition coefficient (Wildman–Crippen LogP) is 5.23. The number of carbonyl (C=O) groups excluding carboxylic acids is 2. The van der Waals surface area contributed by atoms with Crippen LogP contribution < -0.4 is 19.3 Å². The molecule has 0 saturated carbocycles. The first-order valence-electron chi connectivity index (χ1n) is 14.5. The van der Waals surface area contributed by atoms with Gasteiger partial charge in [0.15, 0.2) is 0 Å². The number of rotatable bonds is 7. The zero-order valence-corrected chi connectivity index (χ0v) is 25.1. The largest absolute Gasteiger partial charge is 0.511 e. The number of likely N-dealkylation sites (tertiary alicyclic amines) is 1. The van der Waals surface area contributed by atoms with Crippen LogP contribution in [0, 0.1) is 13.8 Å². The van der Waals surface area contributed by atoms with E-state index in [9.17, 15) is 14.4 Å². The summed E-state index contributed by atoms with van der Waals surface area (Å²) in [5.41, 5.74) is 3.71. The second kappa shape index (κ2) is 12.0. The Hall–Kier alpha value is -5.36. The number of aromatic nitrogens is 3. The minimum atomic E-state index is -1.38. The zero-order valence-electron chi connectivity index (χ0n) is 25.1. The average Bonchev–Trinajstić information content (AvgIpc) is 3.25. The standard InChI is InChI=1S/C33H32N6O6/c1-21-5-4-14-34-26(21)19-37-15-12-33(13-16-37)30(40)38(31(41)39(33)28-18-29(44-3)36-20-35-28)25-9-6-23(7-10-25)24-8-11-27(22(2)17-24)45-32(42)43/h4-11,14,17-18,20H,12-13,15-16,19H2,1-3H3,(H,42,43). The van der Waals surface area contributed by atoms with Crippen LogP contribution in [0.5, 0.6) is 11.6 Å². The predicted molar refractivity (Wildman–Crippen MR) is 165 cm³/mol. The van der Waals surface area contributed by atoms with Gasteiger partial charge >= 0.3 is 12.2 Å². The van der Waals surface area contributed by atoms with Crippen molar-refractivity contribution in [1.82, 2.24) is 19.9 Å². The SMILES string of the molecule is COc1cc(N2C(=O)N(c3ccc(-c4ccc(OC(=O)O)c(C)c4)cc3)C(=O)C23CCN(Cc2ncccc2C)CC3)ncn1. The second-order valence-electron chi connectivity index (χ2n) is 11.1. The van der Waals surface area contributed by atoms with Gasteiger partial charge in [-0.15, -0.1) is 0 Å². The minimum absolute atomic E-state index is 0.254. The molecule has 0 atom stereocenters. The molecule has 2 fully saturated rings. The highest BCUT2D eigenvalue weighted by Crippen LogP contribution is 2.42. The Labute approximate surface area is 259 Å². The Morgan fingerprint density at radius 1 is 0.933 bits per heavy atom. The Kier molecular flexibility index (Phi) is 7.90. The van der Waals surface area contributed by atoms with Crippen molar-refractivity contribution in [2.75, 3.05) is 30.0 Å². The smallest absolute Gasteiger partial charge is 0.481 e. The van der Waals surface area contributed by atoms with E-state index < -0.39 is 17.7 Å². The number of hydrogen-bond acceptors (Lipinski definition) is 9. The highest BCUT2D eigenvalue weighted by molar-refractivity contribution is 6.30. The first-order chi connectivity index (χ1) is 21.7. The van der Waals surface area contributed by atoms with Gasteiger partial charge in [-0.1, -0.05) is 24.3 Å². The van der Waals surface area contributed by atoms with Gasteiger partial charge in [-0.25, -0.2) is 24.5 Å². The first kappa shape index (κ1) is 29.7. The topological polar surface area (TPSA) is 138 Å². The second-order valence-corrected chi connectivity index (χ2v) is 11.1. The summed E-state index contributed by atoms with van der Waals surface area (Å²) in [6.07, 6.45) is 2.55. The van der Waals surface area contributed by atoms with Crippen molar-refractivity contribution < 1.29 is 29.0 Å². The van der Waals surface area contributed by atoms with Crippen molar-refractivity contribution in [1.29, 1.82) is 0 Å². The van der Waals surface area contributed by atoms with Gasteiger partial charge in [-0.05, 0) is 79.3 Å². The summed E-state index contributed by atoms with van der Waals surface area (Å²) in [5.74, 6) is 0.533. The van der Waals surface area contributed by atoms with Crippen LogP contribution >= 0.6 is 0 Å². The molecule has 2 aliphatic heterocycles. The number of ether oxygens (including phenoxy) is 2. The highest BCUT2D eigenvalue weighted by atomic mass is 16.7. The maximum Gasteiger partial charge on any atom is 0.511 e. The molecule has 2 aliphatic rings. The molecule has 0 aliphatic carbocycles. The molecule has 0 unspecified atom stereocenters. The number of imide groups is 1. The van der Waals surface area contributed by atoms with Crippen LogP contribution in [0.3, 0.4) is 0 Å². The summed E-state index contributed by atoms with van der Waals surface area (Å²) in [4.78, 5) is 57.5. The minimum Gasteiger partial charge on any atom is -0.481 e. The molecule has 1 spiro atoms. The molecule has 6 rings (SSSR count). The van der Waals surface area contributed by atoms with Crippen molar-refractivity contribution in [2.24, 2.45) is 0 Å². The number of pyridine rings is 1. The van der Waals surface area contributed by atoms with Gasteiger partial charge in [-0.3, -0.25) is 19.6 Å². The van der Waals surface area contributed by atoms with E-state index in [0.717, 1.165) is 22.4 Å². The van der Waals surface area contributed by atoms with E-state index in [-0.39, 0.29) is 17.5 Å². The fourth-order valence-electron chi connectivity index (χ4n) is 6.04. The molecule has 0 bridgehead atoms. The van der Waals surface area contributed by atoms with E-state index in [4.69, 9.17) is 14.6 Å². The van der Waals surface area contributed by atoms with Crippen molar-refractivity contribution in [3.8, 4) is 22.8 Å². The number of aryl methyl sites for hydroxylation is 2. The molecule has 3 amide bonds. The van der Waals surface area contributed by atoms with Gasteiger partial charge in [0, 0.05) is 31.9 Å². The third-order valence-electron chi connectivity index (χ3n) is 8.48. The Bertz CT molecular complexity index is 1770.